The summed E-state index contributed by atoms with van der Waals surface area (Å²) >= 11 is 4.72. The molecule has 2 aromatic rings. The van der Waals surface area contributed by atoms with Crippen molar-refractivity contribution in [2.24, 2.45) is 5.41 Å². The number of nitrogens with zero attached hydrogens (tertiary/aromatic N) is 11. The Labute approximate surface area is 406 Å². The maximum Gasteiger partial charge on any atom is 0.264 e. The van der Waals surface area contributed by atoms with E-state index in [0.717, 1.165) is 71.6 Å². The first-order chi connectivity index (χ1) is 31.6. The number of likely N-dealkylation sites (N-methyl/N-ethyl adjacent to an activating group) is 2. The lowest BCUT2D eigenvalue weighted by molar-refractivity contribution is -0.129. The lowest BCUT2D eigenvalue weighted by Crippen LogP contribution is -2.51. The number of rotatable bonds is 8. The molecule has 6 aliphatic heterocycles. The van der Waals surface area contributed by atoms with Crippen LogP contribution in [0, 0.1) is 39.4 Å². The SMILES string of the molecule is CC.CC.CC(C)N1CC2CC1CN2C(=O)/C(C#N)=C/C(C)(C)C.CCN1CC2CC1CN2C(=O)/C(C#N)=C/c1cccc(Br)n1.CCN1CC2CC1CN2C(=O)/C(C#N)=C/c1nccs1. The maximum absolute atomic E-state index is 12.6. The highest BCUT2D eigenvalue weighted by Gasteiger charge is 2.48. The molecule has 6 fully saturated rings. The van der Waals surface area contributed by atoms with Crippen LogP contribution in [-0.4, -0.2) is 152 Å². The standard InChI is InChI=1S/C16H17BrN4O.C16H25N3O.C14H16N4OS.2C2H6/c1-2-20-9-14-7-13(20)10-21(14)16(22)11(8-18)6-12-4-3-5-15(17)19-12;1-11(2)18-9-14-6-13(18)10-19(14)15(20)12(8-17)7-16(3,4)5;1-2-17-8-12-6-11(17)9-18(12)14(19)10(7-15)5-13-16-3-4-20-13;2*1-2/h3-6,13-14H,2,7,9-10H2,1H3;7,11,13-14H,6,9-10H2,1-5H3;3-5,11-12H,2,6,8-9H2,1H3;2*1-2H3/b11-6+;12-7+;10-5+;;. The highest BCUT2D eigenvalue weighted by Crippen LogP contribution is 2.35. The molecule has 0 radical (unpaired) electrons. The van der Waals surface area contributed by atoms with Gasteiger partial charge in [0.15, 0.2) is 0 Å². The number of halogens is 1. The number of likely N-dealkylation sites (tertiary alicyclic amines) is 6. The summed E-state index contributed by atoms with van der Waals surface area (Å²) in [5.74, 6) is -0.406. The third-order valence-electron chi connectivity index (χ3n) is 12.6. The molecule has 6 atom stereocenters. The lowest BCUT2D eigenvalue weighted by Gasteiger charge is -2.36. The zero-order chi connectivity index (χ0) is 48.9. The molecule has 6 unspecified atom stereocenters. The fourth-order valence-electron chi connectivity index (χ4n) is 9.75. The van der Waals surface area contributed by atoms with Gasteiger partial charge in [0.2, 0.25) is 0 Å². The number of nitriles is 3. The Morgan fingerprint density at radius 2 is 1.20 bits per heavy atom. The van der Waals surface area contributed by atoms with Gasteiger partial charge in [-0.2, -0.15) is 15.8 Å². The first-order valence-corrected chi connectivity index (χ1v) is 25.3. The van der Waals surface area contributed by atoms with E-state index in [1.807, 2.05) is 92.8 Å². The van der Waals surface area contributed by atoms with Crippen molar-refractivity contribution in [2.45, 2.75) is 138 Å². The Kier molecular flexibility index (Phi) is 20.3. The molecule has 0 N–H and O–H groups in total. The predicted octanol–water partition coefficient (Wildman–Crippen LogP) is 7.64. The second-order valence-corrected chi connectivity index (χ2v) is 19.8. The van der Waals surface area contributed by atoms with Gasteiger partial charge in [-0.05, 0) is 91.8 Å². The Balaban J connectivity index is 0.000000209. The smallest absolute Gasteiger partial charge is 0.264 e. The van der Waals surface area contributed by atoms with E-state index in [2.05, 4.69) is 74.4 Å². The zero-order valence-corrected chi connectivity index (χ0v) is 43.3. The largest absolute Gasteiger partial charge is 0.332 e. The van der Waals surface area contributed by atoms with E-state index < -0.39 is 0 Å². The highest BCUT2D eigenvalue weighted by molar-refractivity contribution is 9.10. The lowest BCUT2D eigenvalue weighted by atomic mass is 9.93. The van der Waals surface area contributed by atoms with Crippen LogP contribution in [0.4, 0.5) is 0 Å². The summed E-state index contributed by atoms with van der Waals surface area (Å²) in [6, 6.07) is 14.3. The molecule has 356 valence electrons. The van der Waals surface area contributed by atoms with Gasteiger partial charge in [0.1, 0.15) is 44.5 Å². The molecule has 6 bridgehead atoms. The molecule has 0 saturated carbocycles. The van der Waals surface area contributed by atoms with Crippen molar-refractivity contribution in [3.63, 3.8) is 0 Å². The van der Waals surface area contributed by atoms with Crippen molar-refractivity contribution in [1.29, 1.82) is 15.8 Å². The zero-order valence-electron chi connectivity index (χ0n) is 40.9. The number of carbonyl (C=O) groups is 3. The molecule has 8 rings (SSSR count). The molecule has 2 aromatic heterocycles. The summed E-state index contributed by atoms with van der Waals surface area (Å²) in [5, 5.41) is 30.4. The molecule has 6 saturated heterocycles. The Bertz CT molecular complexity index is 2200. The third-order valence-corrected chi connectivity index (χ3v) is 13.8. The molecule has 3 amide bonds. The monoisotopic (exact) mass is 983 g/mol. The van der Waals surface area contributed by atoms with Crippen molar-refractivity contribution >= 4 is 57.1 Å². The molecule has 66 heavy (non-hydrogen) atoms. The van der Waals surface area contributed by atoms with Gasteiger partial charge in [0.05, 0.1) is 5.69 Å². The van der Waals surface area contributed by atoms with Crippen molar-refractivity contribution in [3.8, 4) is 18.2 Å². The van der Waals surface area contributed by atoms with Crippen molar-refractivity contribution < 1.29 is 14.4 Å². The number of aromatic nitrogens is 2. The fourth-order valence-corrected chi connectivity index (χ4v) is 10.7. The number of hydrogen-bond acceptors (Lipinski definition) is 12. The Hall–Kier alpha value is -4.76. The van der Waals surface area contributed by atoms with Gasteiger partial charge in [-0.15, -0.1) is 11.3 Å². The van der Waals surface area contributed by atoms with E-state index in [0.29, 0.717) is 45.0 Å². The van der Waals surface area contributed by atoms with E-state index in [4.69, 9.17) is 0 Å². The number of carbonyl (C=O) groups excluding carboxylic acids is 3. The number of allylic oxidation sites excluding steroid dienone is 1. The molecule has 14 nitrogen and oxygen atoms in total. The van der Waals surface area contributed by atoms with Crippen molar-refractivity contribution in [3.05, 3.63) is 67.9 Å². The van der Waals surface area contributed by atoms with Crippen LogP contribution in [0.15, 0.2) is 57.2 Å². The summed E-state index contributed by atoms with van der Waals surface area (Å²) in [4.78, 5) is 58.9. The molecule has 0 aliphatic carbocycles. The average molecular weight is 985 g/mol. The van der Waals surface area contributed by atoms with Crippen LogP contribution in [0.5, 0.6) is 0 Å². The first-order valence-electron chi connectivity index (χ1n) is 23.6. The van der Waals surface area contributed by atoms with Gasteiger partial charge in [0, 0.05) is 93.1 Å². The van der Waals surface area contributed by atoms with Crippen LogP contribution < -0.4 is 0 Å². The summed E-state index contributed by atoms with van der Waals surface area (Å²) < 4.78 is 0.685. The van der Waals surface area contributed by atoms with Crippen LogP contribution >= 0.6 is 27.3 Å². The highest BCUT2D eigenvalue weighted by atomic mass is 79.9. The minimum atomic E-state index is -0.174. The molecule has 0 aromatic carbocycles. The molecular weight excluding hydrogens is 915 g/mol. The van der Waals surface area contributed by atoms with Gasteiger partial charge in [-0.25, -0.2) is 9.97 Å². The van der Waals surface area contributed by atoms with Crippen LogP contribution in [0.25, 0.3) is 12.2 Å². The van der Waals surface area contributed by atoms with E-state index >= 15 is 0 Å². The second-order valence-electron chi connectivity index (χ2n) is 18.1. The summed E-state index contributed by atoms with van der Waals surface area (Å²) in [7, 11) is 0. The number of fused-ring (bicyclic) bond motifs is 6. The number of piperazine rings is 3. The topological polar surface area (TPSA) is 168 Å². The van der Waals surface area contributed by atoms with Gasteiger partial charge in [0.25, 0.3) is 17.7 Å². The molecule has 8 heterocycles. The molecule has 0 spiro atoms. The minimum absolute atomic E-state index is 0.0849. The maximum atomic E-state index is 12.6. The predicted molar refractivity (Wildman–Crippen MR) is 265 cm³/mol. The van der Waals surface area contributed by atoms with E-state index in [9.17, 15) is 30.2 Å². The summed E-state index contributed by atoms with van der Waals surface area (Å²) in [6.45, 7) is 29.8. The van der Waals surface area contributed by atoms with Crippen LogP contribution in [0.3, 0.4) is 0 Å². The van der Waals surface area contributed by atoms with E-state index in [1.165, 1.54) is 11.3 Å². The normalized spacial score (nSPS) is 24.5. The number of amides is 3. The van der Waals surface area contributed by atoms with E-state index in [1.54, 1.807) is 30.5 Å². The van der Waals surface area contributed by atoms with Crippen LogP contribution in [-0.2, 0) is 14.4 Å². The fraction of sp³-hybridized carbons (Fsp3) is 0.600. The van der Waals surface area contributed by atoms with Crippen molar-refractivity contribution in [1.82, 2.24) is 39.4 Å². The van der Waals surface area contributed by atoms with Gasteiger partial charge >= 0.3 is 0 Å². The van der Waals surface area contributed by atoms with E-state index in [-0.39, 0.29) is 52.4 Å². The van der Waals surface area contributed by atoms with Crippen LogP contribution in [0.1, 0.15) is 106 Å². The molecule has 6 aliphatic rings. The van der Waals surface area contributed by atoms with Gasteiger partial charge in [-0.1, -0.05) is 74.5 Å². The quantitative estimate of drug-likeness (QED) is 0.145. The number of hydrogen-bond donors (Lipinski definition) is 0. The van der Waals surface area contributed by atoms with Crippen LogP contribution in [0.2, 0.25) is 0 Å². The Morgan fingerprint density at radius 3 is 1.58 bits per heavy atom. The average Bonchev–Trinajstić information content (AvgIpc) is 4.20. The van der Waals surface area contributed by atoms with Crippen molar-refractivity contribution in [2.75, 3.05) is 52.4 Å². The number of pyridine rings is 1. The summed E-state index contributed by atoms with van der Waals surface area (Å²) in [6.07, 6.45) is 9.74. The minimum Gasteiger partial charge on any atom is -0.332 e. The summed E-state index contributed by atoms with van der Waals surface area (Å²) in [5.41, 5.74) is 1.10. The second kappa shape index (κ2) is 24.8. The molecule has 16 heteroatoms. The van der Waals surface area contributed by atoms with Gasteiger partial charge in [-0.3, -0.25) is 29.1 Å². The third kappa shape index (κ3) is 13.2. The Morgan fingerprint density at radius 1 is 0.727 bits per heavy atom. The number of thiazole rings is 1. The van der Waals surface area contributed by atoms with Gasteiger partial charge < -0.3 is 14.7 Å². The first kappa shape index (κ1) is 53.9. The molecular formula is C50H70BrN11O3S.